The van der Waals surface area contributed by atoms with Gasteiger partial charge in [-0.25, -0.2) is 4.79 Å². The van der Waals surface area contributed by atoms with Crippen molar-refractivity contribution in [2.45, 2.75) is 31.7 Å². The van der Waals surface area contributed by atoms with Crippen molar-refractivity contribution in [2.75, 3.05) is 17.7 Å². The van der Waals surface area contributed by atoms with Gasteiger partial charge in [0.05, 0.1) is 11.4 Å². The Bertz CT molecular complexity index is 399. The van der Waals surface area contributed by atoms with Crippen LogP contribution < -0.4 is 16.0 Å². The zero-order chi connectivity index (χ0) is 12.3. The first-order valence-electron chi connectivity index (χ1n) is 6.07. The summed E-state index contributed by atoms with van der Waals surface area (Å²) in [7, 11) is 1.75. The van der Waals surface area contributed by atoms with Crippen LogP contribution in [0.25, 0.3) is 0 Å². The molecule has 1 fully saturated rings. The van der Waals surface area contributed by atoms with Gasteiger partial charge >= 0.3 is 6.03 Å². The summed E-state index contributed by atoms with van der Waals surface area (Å²) in [5, 5.41) is 3.04. The molecule has 1 aromatic carbocycles. The summed E-state index contributed by atoms with van der Waals surface area (Å²) in [6, 6.07) is 7.65. The lowest BCUT2D eigenvalue weighted by atomic mass is 10.2. The highest BCUT2D eigenvalue weighted by Gasteiger charge is 2.20. The minimum atomic E-state index is -0.0743. The molecule has 1 saturated carbocycles. The zero-order valence-electron chi connectivity index (χ0n) is 10.1. The van der Waals surface area contributed by atoms with Gasteiger partial charge in [-0.05, 0) is 25.0 Å². The molecule has 4 nitrogen and oxygen atoms in total. The number of urea groups is 1. The Morgan fingerprint density at radius 3 is 2.65 bits per heavy atom. The third kappa shape index (κ3) is 2.70. The predicted molar refractivity (Wildman–Crippen MR) is 70.0 cm³/mol. The maximum Gasteiger partial charge on any atom is 0.321 e. The summed E-state index contributed by atoms with van der Waals surface area (Å²) in [6.45, 7) is 0. The topological polar surface area (TPSA) is 58.4 Å². The van der Waals surface area contributed by atoms with E-state index in [0.29, 0.717) is 11.7 Å². The maximum atomic E-state index is 12.0. The summed E-state index contributed by atoms with van der Waals surface area (Å²) < 4.78 is 0. The van der Waals surface area contributed by atoms with E-state index in [9.17, 15) is 4.79 Å². The Balaban J connectivity index is 2.01. The van der Waals surface area contributed by atoms with E-state index < -0.39 is 0 Å². The lowest BCUT2D eigenvalue weighted by Crippen LogP contribution is -2.42. The lowest BCUT2D eigenvalue weighted by molar-refractivity contribution is 0.244. The highest BCUT2D eigenvalue weighted by molar-refractivity contribution is 5.94. The second-order valence-electron chi connectivity index (χ2n) is 4.55. The van der Waals surface area contributed by atoms with Gasteiger partial charge in [-0.2, -0.15) is 0 Å². The van der Waals surface area contributed by atoms with Crippen LogP contribution in [0.3, 0.4) is 0 Å². The number of carbonyl (C=O) groups is 1. The normalized spacial score (nSPS) is 15.8. The number of rotatable bonds is 2. The van der Waals surface area contributed by atoms with Crippen LogP contribution in [-0.4, -0.2) is 19.1 Å². The van der Waals surface area contributed by atoms with Gasteiger partial charge in [-0.1, -0.05) is 25.0 Å². The second-order valence-corrected chi connectivity index (χ2v) is 4.55. The number of benzene rings is 1. The average Bonchev–Trinajstić information content (AvgIpc) is 2.81. The number of nitrogens with one attached hydrogen (secondary N) is 1. The van der Waals surface area contributed by atoms with Crippen molar-refractivity contribution in [3.05, 3.63) is 24.3 Å². The molecule has 92 valence electrons. The number of carbonyl (C=O) groups excluding carboxylic acids is 1. The average molecular weight is 233 g/mol. The first-order valence-corrected chi connectivity index (χ1v) is 6.07. The molecule has 0 bridgehead atoms. The minimum absolute atomic E-state index is 0.0743. The number of nitrogens with zero attached hydrogens (tertiary/aromatic N) is 1. The molecule has 1 aromatic rings. The molecule has 4 heteroatoms. The Kier molecular flexibility index (Phi) is 3.52. The molecule has 0 radical (unpaired) electrons. The molecule has 0 aliphatic heterocycles. The number of hydrogen-bond donors (Lipinski definition) is 2. The number of anilines is 2. The zero-order valence-corrected chi connectivity index (χ0v) is 10.1. The van der Waals surface area contributed by atoms with Gasteiger partial charge in [0.15, 0.2) is 0 Å². The summed E-state index contributed by atoms with van der Waals surface area (Å²) >= 11 is 0. The van der Waals surface area contributed by atoms with E-state index in [4.69, 9.17) is 5.73 Å². The van der Waals surface area contributed by atoms with Crippen LogP contribution in [-0.2, 0) is 0 Å². The van der Waals surface area contributed by atoms with E-state index in [2.05, 4.69) is 5.32 Å². The van der Waals surface area contributed by atoms with E-state index in [0.717, 1.165) is 18.5 Å². The number of nitrogen functional groups attached to an aromatic ring is 1. The van der Waals surface area contributed by atoms with Crippen LogP contribution in [0.2, 0.25) is 0 Å². The molecule has 1 aliphatic rings. The van der Waals surface area contributed by atoms with Crippen molar-refractivity contribution in [3.8, 4) is 0 Å². The van der Waals surface area contributed by atoms with Crippen molar-refractivity contribution in [2.24, 2.45) is 0 Å². The monoisotopic (exact) mass is 233 g/mol. The quantitative estimate of drug-likeness (QED) is 0.770. The second kappa shape index (κ2) is 5.08. The minimum Gasteiger partial charge on any atom is -0.397 e. The van der Waals surface area contributed by atoms with E-state index >= 15 is 0 Å². The molecule has 17 heavy (non-hydrogen) atoms. The van der Waals surface area contributed by atoms with E-state index in [1.165, 1.54) is 12.8 Å². The van der Waals surface area contributed by atoms with Gasteiger partial charge in [0.2, 0.25) is 0 Å². The van der Waals surface area contributed by atoms with Gasteiger partial charge in [0.25, 0.3) is 0 Å². The molecule has 0 saturated heterocycles. The Hall–Kier alpha value is -1.71. The number of hydrogen-bond acceptors (Lipinski definition) is 2. The Labute approximate surface area is 102 Å². The molecular weight excluding hydrogens is 214 g/mol. The summed E-state index contributed by atoms with van der Waals surface area (Å²) in [4.78, 5) is 13.6. The van der Waals surface area contributed by atoms with Crippen molar-refractivity contribution in [1.82, 2.24) is 5.32 Å². The molecule has 2 amide bonds. The van der Waals surface area contributed by atoms with Crippen molar-refractivity contribution >= 4 is 17.4 Å². The van der Waals surface area contributed by atoms with Crippen LogP contribution in [0.1, 0.15) is 25.7 Å². The molecule has 0 aromatic heterocycles. The van der Waals surface area contributed by atoms with Crippen molar-refractivity contribution in [3.63, 3.8) is 0 Å². The number of amides is 2. The number of para-hydroxylation sites is 2. The van der Waals surface area contributed by atoms with Crippen molar-refractivity contribution in [1.29, 1.82) is 0 Å². The fourth-order valence-corrected chi connectivity index (χ4v) is 2.24. The van der Waals surface area contributed by atoms with Crippen LogP contribution in [0.15, 0.2) is 24.3 Å². The maximum absolute atomic E-state index is 12.0. The summed E-state index contributed by atoms with van der Waals surface area (Å²) in [6.07, 6.45) is 4.60. The molecule has 0 unspecified atom stereocenters. The molecule has 1 aliphatic carbocycles. The van der Waals surface area contributed by atoms with E-state index in [1.54, 1.807) is 18.0 Å². The predicted octanol–water partition coefficient (Wildman–Crippen LogP) is 2.36. The third-order valence-corrected chi connectivity index (χ3v) is 3.29. The van der Waals surface area contributed by atoms with Crippen LogP contribution >= 0.6 is 0 Å². The summed E-state index contributed by atoms with van der Waals surface area (Å²) in [5.74, 6) is 0. The summed E-state index contributed by atoms with van der Waals surface area (Å²) in [5.41, 5.74) is 7.22. The van der Waals surface area contributed by atoms with Crippen LogP contribution in [0.4, 0.5) is 16.2 Å². The molecular formula is C13H19N3O. The number of nitrogens with two attached hydrogens (primary N) is 1. The first kappa shape index (κ1) is 11.8. The van der Waals surface area contributed by atoms with Crippen LogP contribution in [0.5, 0.6) is 0 Å². The van der Waals surface area contributed by atoms with Gasteiger partial charge < -0.3 is 11.1 Å². The van der Waals surface area contributed by atoms with E-state index in [-0.39, 0.29) is 6.03 Å². The first-order chi connectivity index (χ1) is 8.18. The lowest BCUT2D eigenvalue weighted by Gasteiger charge is -2.22. The van der Waals surface area contributed by atoms with Crippen LogP contribution in [0, 0.1) is 0 Å². The third-order valence-electron chi connectivity index (χ3n) is 3.29. The molecule has 0 heterocycles. The fraction of sp³-hybridized carbons (Fsp3) is 0.462. The van der Waals surface area contributed by atoms with Crippen molar-refractivity contribution < 1.29 is 4.79 Å². The standard InChI is InChI=1S/C13H19N3O/c1-16(12-9-5-4-8-11(12)14)13(17)15-10-6-2-3-7-10/h4-5,8-10H,2-3,6-7,14H2,1H3,(H,15,17). The SMILES string of the molecule is CN(C(=O)NC1CCCC1)c1ccccc1N. The molecule has 3 N–H and O–H groups in total. The smallest absolute Gasteiger partial charge is 0.321 e. The molecule has 0 atom stereocenters. The molecule has 2 rings (SSSR count). The van der Waals surface area contributed by atoms with Gasteiger partial charge in [0, 0.05) is 13.1 Å². The largest absolute Gasteiger partial charge is 0.397 e. The highest BCUT2D eigenvalue weighted by atomic mass is 16.2. The van der Waals surface area contributed by atoms with Gasteiger partial charge in [0.1, 0.15) is 0 Å². The fourth-order valence-electron chi connectivity index (χ4n) is 2.24. The Morgan fingerprint density at radius 1 is 1.35 bits per heavy atom. The van der Waals surface area contributed by atoms with Gasteiger partial charge in [-0.15, -0.1) is 0 Å². The Morgan fingerprint density at radius 2 is 2.00 bits per heavy atom. The molecule has 0 spiro atoms. The van der Waals surface area contributed by atoms with Gasteiger partial charge in [-0.3, -0.25) is 4.90 Å². The highest BCUT2D eigenvalue weighted by Crippen LogP contribution is 2.22. The van der Waals surface area contributed by atoms with E-state index in [1.807, 2.05) is 18.2 Å².